The smallest absolute Gasteiger partial charge is 0.0863 e. The molecule has 5 heteroatoms. The number of nitrogens with zero attached hydrogens (tertiary/aromatic N) is 3. The first kappa shape index (κ1) is 15.0. The van der Waals surface area contributed by atoms with Crippen molar-refractivity contribution in [3.05, 3.63) is 46.5 Å². The van der Waals surface area contributed by atoms with Crippen molar-refractivity contribution in [2.24, 2.45) is 0 Å². The second-order valence-electron chi connectivity index (χ2n) is 4.66. The van der Waals surface area contributed by atoms with Gasteiger partial charge in [0.15, 0.2) is 0 Å². The average molecular weight is 293 g/mol. The maximum absolute atomic E-state index is 6.37. The zero-order chi connectivity index (χ0) is 14.4. The number of rotatable bonds is 7. The summed E-state index contributed by atoms with van der Waals surface area (Å²) in [6.07, 6.45) is 5.53. The fourth-order valence-corrected chi connectivity index (χ4v) is 2.51. The van der Waals surface area contributed by atoms with Gasteiger partial charge in [-0.3, -0.25) is 9.67 Å². The number of aromatic nitrogens is 3. The molecule has 0 aliphatic carbocycles. The molecule has 0 aromatic carbocycles. The summed E-state index contributed by atoms with van der Waals surface area (Å²) in [6, 6.07) is 4.05. The van der Waals surface area contributed by atoms with E-state index in [1.54, 1.807) is 6.20 Å². The largest absolute Gasteiger partial charge is 0.311 e. The van der Waals surface area contributed by atoms with Gasteiger partial charge in [-0.15, -0.1) is 0 Å². The highest BCUT2D eigenvalue weighted by Crippen LogP contribution is 2.21. The van der Waals surface area contributed by atoms with E-state index in [4.69, 9.17) is 11.6 Å². The quantitative estimate of drug-likeness (QED) is 0.798. The molecule has 0 unspecified atom stereocenters. The summed E-state index contributed by atoms with van der Waals surface area (Å²) >= 11 is 6.37. The Balaban J connectivity index is 1.89. The monoisotopic (exact) mass is 292 g/mol. The summed E-state index contributed by atoms with van der Waals surface area (Å²) < 4.78 is 1.98. The summed E-state index contributed by atoms with van der Waals surface area (Å²) in [5.41, 5.74) is 3.30. The van der Waals surface area contributed by atoms with Gasteiger partial charge in [0.25, 0.3) is 0 Å². The second kappa shape index (κ2) is 7.41. The maximum Gasteiger partial charge on any atom is 0.0863 e. The van der Waals surface area contributed by atoms with Crippen molar-refractivity contribution in [3.63, 3.8) is 0 Å². The van der Waals surface area contributed by atoms with Crippen LogP contribution in [-0.4, -0.2) is 21.3 Å². The van der Waals surface area contributed by atoms with Gasteiger partial charge >= 0.3 is 0 Å². The Bertz CT molecular complexity index is 536. The SMILES string of the molecule is CCc1nn(CC)c(CNCCc2cccnc2)c1Cl. The van der Waals surface area contributed by atoms with Crippen LogP contribution < -0.4 is 5.32 Å². The zero-order valence-electron chi connectivity index (χ0n) is 12.1. The summed E-state index contributed by atoms with van der Waals surface area (Å²) in [4.78, 5) is 4.11. The van der Waals surface area contributed by atoms with Crippen molar-refractivity contribution >= 4 is 11.6 Å². The van der Waals surface area contributed by atoms with Crippen LogP contribution in [-0.2, 0) is 25.9 Å². The van der Waals surface area contributed by atoms with Gasteiger partial charge in [0.2, 0.25) is 0 Å². The molecule has 0 spiro atoms. The Labute approximate surface area is 125 Å². The van der Waals surface area contributed by atoms with Gasteiger partial charge in [-0.1, -0.05) is 24.6 Å². The highest BCUT2D eigenvalue weighted by molar-refractivity contribution is 6.31. The third kappa shape index (κ3) is 3.58. The van der Waals surface area contributed by atoms with Crippen LogP contribution in [0.25, 0.3) is 0 Å². The van der Waals surface area contributed by atoms with E-state index in [9.17, 15) is 0 Å². The summed E-state index contributed by atoms with van der Waals surface area (Å²) in [7, 11) is 0. The Morgan fingerprint density at radius 2 is 2.20 bits per heavy atom. The van der Waals surface area contributed by atoms with E-state index in [2.05, 4.69) is 35.3 Å². The molecule has 2 heterocycles. The minimum absolute atomic E-state index is 0.750. The van der Waals surface area contributed by atoms with E-state index in [1.165, 1.54) is 5.56 Å². The van der Waals surface area contributed by atoms with Gasteiger partial charge in [-0.2, -0.15) is 5.10 Å². The predicted molar refractivity (Wildman–Crippen MR) is 81.9 cm³/mol. The molecule has 0 bridgehead atoms. The summed E-state index contributed by atoms with van der Waals surface area (Å²) in [5, 5.41) is 8.76. The lowest BCUT2D eigenvalue weighted by Gasteiger charge is -2.07. The van der Waals surface area contributed by atoms with Crippen molar-refractivity contribution in [1.29, 1.82) is 0 Å². The fraction of sp³-hybridized carbons (Fsp3) is 0.467. The van der Waals surface area contributed by atoms with Gasteiger partial charge in [0.1, 0.15) is 0 Å². The Morgan fingerprint density at radius 3 is 2.85 bits per heavy atom. The number of halogens is 1. The van der Waals surface area contributed by atoms with Gasteiger partial charge in [-0.05, 0) is 37.9 Å². The van der Waals surface area contributed by atoms with E-state index in [1.807, 2.05) is 16.9 Å². The molecular formula is C15H21ClN4. The molecule has 0 radical (unpaired) electrons. The highest BCUT2D eigenvalue weighted by atomic mass is 35.5. The lowest BCUT2D eigenvalue weighted by atomic mass is 10.2. The average Bonchev–Trinajstić information content (AvgIpc) is 2.80. The Kier molecular flexibility index (Phi) is 5.56. The predicted octanol–water partition coefficient (Wildman–Crippen LogP) is 2.85. The van der Waals surface area contributed by atoms with Crippen LogP contribution in [0, 0.1) is 0 Å². The molecule has 0 fully saturated rings. The number of hydrogen-bond acceptors (Lipinski definition) is 3. The minimum atomic E-state index is 0.750. The van der Waals surface area contributed by atoms with Crippen molar-refractivity contribution in [1.82, 2.24) is 20.1 Å². The molecule has 2 aromatic heterocycles. The van der Waals surface area contributed by atoms with Crippen LogP contribution in [0.1, 0.15) is 30.8 Å². The van der Waals surface area contributed by atoms with Crippen molar-refractivity contribution < 1.29 is 0 Å². The van der Waals surface area contributed by atoms with Crippen LogP contribution in [0.2, 0.25) is 5.02 Å². The minimum Gasteiger partial charge on any atom is -0.311 e. The molecule has 0 saturated heterocycles. The van der Waals surface area contributed by atoms with Crippen molar-refractivity contribution in [3.8, 4) is 0 Å². The van der Waals surface area contributed by atoms with E-state index in [0.29, 0.717) is 0 Å². The normalized spacial score (nSPS) is 10.9. The molecule has 2 aromatic rings. The summed E-state index contributed by atoms with van der Waals surface area (Å²) in [6.45, 7) is 6.66. The van der Waals surface area contributed by atoms with E-state index >= 15 is 0 Å². The van der Waals surface area contributed by atoms with Gasteiger partial charge < -0.3 is 5.32 Å². The first-order chi connectivity index (χ1) is 9.76. The number of nitrogens with one attached hydrogen (secondary N) is 1. The first-order valence-corrected chi connectivity index (χ1v) is 7.47. The Hall–Kier alpha value is -1.39. The molecule has 0 atom stereocenters. The Morgan fingerprint density at radius 1 is 1.35 bits per heavy atom. The van der Waals surface area contributed by atoms with Gasteiger partial charge in [-0.25, -0.2) is 0 Å². The van der Waals surface area contributed by atoms with Crippen LogP contribution in [0.5, 0.6) is 0 Å². The second-order valence-corrected chi connectivity index (χ2v) is 5.04. The topological polar surface area (TPSA) is 42.7 Å². The van der Waals surface area contributed by atoms with E-state index < -0.39 is 0 Å². The lowest BCUT2D eigenvalue weighted by molar-refractivity contribution is 0.578. The first-order valence-electron chi connectivity index (χ1n) is 7.09. The standard InChI is InChI=1S/C15H21ClN4/c1-3-13-15(16)14(20(4-2)19-13)11-18-9-7-12-6-5-8-17-10-12/h5-6,8,10,18H,3-4,7,9,11H2,1-2H3. The molecule has 2 rings (SSSR count). The van der Waals surface area contributed by atoms with Gasteiger partial charge in [0, 0.05) is 25.5 Å². The molecule has 108 valence electrons. The molecule has 0 aliphatic rings. The lowest BCUT2D eigenvalue weighted by Crippen LogP contribution is -2.19. The maximum atomic E-state index is 6.37. The van der Waals surface area contributed by atoms with Crippen LogP contribution in [0.15, 0.2) is 24.5 Å². The third-order valence-electron chi connectivity index (χ3n) is 3.30. The van der Waals surface area contributed by atoms with Crippen LogP contribution in [0.3, 0.4) is 0 Å². The molecular weight excluding hydrogens is 272 g/mol. The summed E-state index contributed by atoms with van der Waals surface area (Å²) in [5.74, 6) is 0. The number of pyridine rings is 1. The zero-order valence-corrected chi connectivity index (χ0v) is 12.8. The molecule has 0 amide bonds. The van der Waals surface area contributed by atoms with Crippen molar-refractivity contribution in [2.75, 3.05) is 6.54 Å². The molecule has 4 nitrogen and oxygen atoms in total. The van der Waals surface area contributed by atoms with E-state index in [-0.39, 0.29) is 0 Å². The highest BCUT2D eigenvalue weighted by Gasteiger charge is 2.13. The fourth-order valence-electron chi connectivity index (χ4n) is 2.17. The molecule has 1 N–H and O–H groups in total. The van der Waals surface area contributed by atoms with Crippen molar-refractivity contribution in [2.45, 2.75) is 39.8 Å². The molecule has 20 heavy (non-hydrogen) atoms. The third-order valence-corrected chi connectivity index (χ3v) is 3.74. The molecule has 0 saturated carbocycles. The van der Waals surface area contributed by atoms with E-state index in [0.717, 1.165) is 48.9 Å². The molecule has 0 aliphatic heterocycles. The number of aryl methyl sites for hydroxylation is 2. The van der Waals surface area contributed by atoms with Gasteiger partial charge in [0.05, 0.1) is 16.4 Å². The number of hydrogen-bond donors (Lipinski definition) is 1. The van der Waals surface area contributed by atoms with Crippen LogP contribution >= 0.6 is 11.6 Å². The van der Waals surface area contributed by atoms with Crippen LogP contribution in [0.4, 0.5) is 0 Å².